The highest BCUT2D eigenvalue weighted by molar-refractivity contribution is 6.06. The molecule has 1 amide bonds. The third-order valence-corrected chi connectivity index (χ3v) is 5.80. The van der Waals surface area contributed by atoms with Gasteiger partial charge in [-0.15, -0.1) is 0 Å². The van der Waals surface area contributed by atoms with E-state index in [0.29, 0.717) is 25.3 Å². The van der Waals surface area contributed by atoms with Gasteiger partial charge in [0.25, 0.3) is 11.5 Å². The zero-order chi connectivity index (χ0) is 21.1. The third-order valence-electron chi connectivity index (χ3n) is 5.80. The largest absolute Gasteiger partial charge is 0.379 e. The predicted molar refractivity (Wildman–Crippen MR) is 118 cm³/mol. The van der Waals surface area contributed by atoms with E-state index in [-0.39, 0.29) is 17.5 Å². The highest BCUT2D eigenvalue weighted by Gasteiger charge is 2.24. The molecule has 1 saturated heterocycles. The second-order valence-corrected chi connectivity index (χ2v) is 7.76. The number of pyridine rings is 1. The number of para-hydroxylation sites is 1. The van der Waals surface area contributed by atoms with Crippen LogP contribution < -0.4 is 10.9 Å². The van der Waals surface area contributed by atoms with Crippen LogP contribution in [0.3, 0.4) is 0 Å². The summed E-state index contributed by atoms with van der Waals surface area (Å²) >= 11 is 0. The normalized spacial score (nSPS) is 15.8. The summed E-state index contributed by atoms with van der Waals surface area (Å²) in [6, 6.07) is 17.4. The summed E-state index contributed by atoms with van der Waals surface area (Å²) in [7, 11) is 1.72. The van der Waals surface area contributed by atoms with Gasteiger partial charge in [0.2, 0.25) is 0 Å². The number of carbonyl (C=O) groups excluding carboxylic acids is 1. The molecule has 2 heterocycles. The van der Waals surface area contributed by atoms with Crippen LogP contribution in [0.25, 0.3) is 10.9 Å². The molecule has 0 radical (unpaired) electrons. The molecule has 1 aliphatic heterocycles. The lowest BCUT2D eigenvalue weighted by Gasteiger charge is -2.35. The number of carbonyl (C=O) groups is 1. The summed E-state index contributed by atoms with van der Waals surface area (Å²) in [6.07, 6.45) is 0. The topological polar surface area (TPSA) is 63.6 Å². The molecule has 3 aromatic rings. The highest BCUT2D eigenvalue weighted by Crippen LogP contribution is 2.22. The van der Waals surface area contributed by atoms with Gasteiger partial charge in [-0.1, -0.05) is 48.0 Å². The van der Waals surface area contributed by atoms with E-state index in [9.17, 15) is 9.59 Å². The summed E-state index contributed by atoms with van der Waals surface area (Å²) in [5, 5.41) is 3.85. The average molecular weight is 405 g/mol. The number of fused-ring (bicyclic) bond motifs is 1. The average Bonchev–Trinajstić information content (AvgIpc) is 2.78. The van der Waals surface area contributed by atoms with Crippen molar-refractivity contribution in [2.75, 3.05) is 32.8 Å². The molecule has 0 spiro atoms. The molecule has 0 bridgehead atoms. The van der Waals surface area contributed by atoms with E-state index >= 15 is 0 Å². The summed E-state index contributed by atoms with van der Waals surface area (Å²) in [5.74, 6) is -0.228. The number of ether oxygens (including phenoxy) is 1. The first-order chi connectivity index (χ1) is 14.5. The quantitative estimate of drug-likeness (QED) is 0.709. The molecule has 0 unspecified atom stereocenters. The number of amides is 1. The van der Waals surface area contributed by atoms with Crippen molar-refractivity contribution in [3.63, 3.8) is 0 Å². The van der Waals surface area contributed by atoms with Crippen molar-refractivity contribution in [2.45, 2.75) is 13.0 Å². The molecule has 1 aromatic heterocycles. The minimum absolute atomic E-state index is 0.0521. The molecule has 156 valence electrons. The monoisotopic (exact) mass is 405 g/mol. The number of aromatic nitrogens is 1. The van der Waals surface area contributed by atoms with Crippen LogP contribution in [0.4, 0.5) is 0 Å². The van der Waals surface area contributed by atoms with Crippen molar-refractivity contribution >= 4 is 16.8 Å². The maximum absolute atomic E-state index is 13.1. The second kappa shape index (κ2) is 8.81. The smallest absolute Gasteiger partial charge is 0.252 e. The summed E-state index contributed by atoms with van der Waals surface area (Å²) in [6.45, 7) is 5.56. The molecular weight excluding hydrogens is 378 g/mol. The van der Waals surface area contributed by atoms with Crippen LogP contribution >= 0.6 is 0 Å². The molecule has 1 aliphatic rings. The second-order valence-electron chi connectivity index (χ2n) is 7.76. The molecule has 30 heavy (non-hydrogen) atoms. The zero-order valence-electron chi connectivity index (χ0n) is 17.4. The maximum Gasteiger partial charge on any atom is 0.252 e. The Morgan fingerprint density at radius 1 is 1.10 bits per heavy atom. The van der Waals surface area contributed by atoms with E-state index in [2.05, 4.69) is 41.4 Å². The van der Waals surface area contributed by atoms with Crippen molar-refractivity contribution in [2.24, 2.45) is 7.05 Å². The van der Waals surface area contributed by atoms with E-state index in [1.807, 2.05) is 24.3 Å². The number of hydrogen-bond donors (Lipinski definition) is 1. The van der Waals surface area contributed by atoms with Gasteiger partial charge in [0.1, 0.15) is 0 Å². The van der Waals surface area contributed by atoms with Gasteiger partial charge in [-0.05, 0) is 18.6 Å². The number of hydrogen-bond acceptors (Lipinski definition) is 4. The molecule has 0 aliphatic carbocycles. The number of nitrogens with one attached hydrogen (secondary N) is 1. The van der Waals surface area contributed by atoms with E-state index in [0.717, 1.165) is 29.6 Å². The standard InChI is InChI=1S/C24H27N3O3/c1-17-7-9-18(10-8-17)22(27-11-13-30-14-12-27)16-25-24(29)20-15-23(28)26(2)21-6-4-3-5-19(20)21/h3-10,15,22H,11-14,16H2,1-2H3,(H,25,29)/t22-/m1/s1. The van der Waals surface area contributed by atoms with Gasteiger partial charge in [0.15, 0.2) is 0 Å². The van der Waals surface area contributed by atoms with Crippen molar-refractivity contribution in [3.8, 4) is 0 Å². The zero-order valence-corrected chi connectivity index (χ0v) is 17.4. The van der Waals surface area contributed by atoms with Gasteiger partial charge in [-0.2, -0.15) is 0 Å². The lowest BCUT2D eigenvalue weighted by Crippen LogP contribution is -2.44. The number of benzene rings is 2. The predicted octanol–water partition coefficient (Wildman–Crippen LogP) is 2.65. The Bertz CT molecular complexity index is 1100. The lowest BCUT2D eigenvalue weighted by molar-refractivity contribution is 0.0162. The highest BCUT2D eigenvalue weighted by atomic mass is 16.5. The summed E-state index contributed by atoms with van der Waals surface area (Å²) in [4.78, 5) is 27.8. The van der Waals surface area contributed by atoms with E-state index in [1.54, 1.807) is 11.6 Å². The number of rotatable bonds is 5. The molecule has 6 nitrogen and oxygen atoms in total. The summed E-state index contributed by atoms with van der Waals surface area (Å²) < 4.78 is 7.07. The van der Waals surface area contributed by atoms with Crippen LogP contribution in [0.5, 0.6) is 0 Å². The van der Waals surface area contributed by atoms with Crippen molar-refractivity contribution < 1.29 is 9.53 Å². The van der Waals surface area contributed by atoms with E-state index in [1.165, 1.54) is 11.6 Å². The Labute approximate surface area is 176 Å². The third kappa shape index (κ3) is 4.15. The van der Waals surface area contributed by atoms with Crippen LogP contribution in [0.2, 0.25) is 0 Å². The fraction of sp³-hybridized carbons (Fsp3) is 0.333. The Morgan fingerprint density at radius 3 is 2.53 bits per heavy atom. The van der Waals surface area contributed by atoms with Gasteiger partial charge in [-0.25, -0.2) is 0 Å². The minimum Gasteiger partial charge on any atom is -0.379 e. The van der Waals surface area contributed by atoms with Gasteiger partial charge in [0.05, 0.1) is 30.3 Å². The molecule has 1 atom stereocenters. The first-order valence-corrected chi connectivity index (χ1v) is 10.3. The summed E-state index contributed by atoms with van der Waals surface area (Å²) in [5.41, 5.74) is 3.34. The van der Waals surface area contributed by atoms with Gasteiger partial charge in [0, 0.05) is 38.1 Å². The van der Waals surface area contributed by atoms with Crippen molar-refractivity contribution in [1.29, 1.82) is 0 Å². The maximum atomic E-state index is 13.1. The molecule has 0 saturated carbocycles. The van der Waals surface area contributed by atoms with Gasteiger partial charge >= 0.3 is 0 Å². The van der Waals surface area contributed by atoms with Gasteiger partial charge < -0.3 is 14.6 Å². The van der Waals surface area contributed by atoms with Gasteiger partial charge in [-0.3, -0.25) is 14.5 Å². The number of morpholine rings is 1. The fourth-order valence-electron chi connectivity index (χ4n) is 4.02. The minimum atomic E-state index is -0.228. The van der Waals surface area contributed by atoms with Crippen LogP contribution in [-0.2, 0) is 11.8 Å². The Hall–Kier alpha value is -2.96. The molecule has 4 rings (SSSR count). The molecule has 1 N–H and O–H groups in total. The fourth-order valence-corrected chi connectivity index (χ4v) is 4.02. The molecular formula is C24H27N3O3. The van der Waals surface area contributed by atoms with Crippen LogP contribution in [-0.4, -0.2) is 48.2 Å². The molecule has 1 fully saturated rings. The van der Waals surface area contributed by atoms with Crippen molar-refractivity contribution in [3.05, 3.63) is 81.6 Å². The number of aryl methyl sites for hydroxylation is 2. The molecule has 6 heteroatoms. The first-order valence-electron chi connectivity index (χ1n) is 10.3. The number of nitrogens with zero attached hydrogens (tertiary/aromatic N) is 2. The SMILES string of the molecule is Cc1ccc([C@@H](CNC(=O)c2cc(=O)n(C)c3ccccc23)N2CCOCC2)cc1. The van der Waals surface area contributed by atoms with Crippen molar-refractivity contribution in [1.82, 2.24) is 14.8 Å². The Kier molecular flexibility index (Phi) is 5.97. The first kappa shape index (κ1) is 20.3. The molecule has 2 aromatic carbocycles. The van der Waals surface area contributed by atoms with Crippen LogP contribution in [0.1, 0.15) is 27.5 Å². The Balaban J connectivity index is 1.60. The van der Waals surface area contributed by atoms with E-state index < -0.39 is 0 Å². The van der Waals surface area contributed by atoms with Crippen LogP contribution in [0.15, 0.2) is 59.4 Å². The lowest BCUT2D eigenvalue weighted by atomic mass is 10.0. The Morgan fingerprint density at radius 2 is 1.80 bits per heavy atom. The van der Waals surface area contributed by atoms with Crippen LogP contribution in [0, 0.1) is 6.92 Å². The van der Waals surface area contributed by atoms with E-state index in [4.69, 9.17) is 4.74 Å².